The molecule has 0 bridgehead atoms. The summed E-state index contributed by atoms with van der Waals surface area (Å²) in [4.78, 5) is 13.0. The van der Waals surface area contributed by atoms with Crippen molar-refractivity contribution in [3.8, 4) is 5.75 Å². The fourth-order valence-corrected chi connectivity index (χ4v) is 4.16. The highest BCUT2D eigenvalue weighted by Crippen LogP contribution is 2.35. The fourth-order valence-electron chi connectivity index (χ4n) is 4.16. The van der Waals surface area contributed by atoms with Gasteiger partial charge in [0.15, 0.2) is 0 Å². The van der Waals surface area contributed by atoms with Crippen LogP contribution in [0.25, 0.3) is 0 Å². The summed E-state index contributed by atoms with van der Waals surface area (Å²) in [5.74, 6) is 1.96. The highest BCUT2D eigenvalue weighted by molar-refractivity contribution is 5.80. The lowest BCUT2D eigenvalue weighted by Gasteiger charge is -2.21. The van der Waals surface area contributed by atoms with Gasteiger partial charge in [0.2, 0.25) is 0 Å². The Kier molecular flexibility index (Phi) is 10.5. The zero-order valence-electron chi connectivity index (χ0n) is 18.5. The Hall–Kier alpha value is -2.09. The molecular weight excluding hydrogens is 356 g/mol. The minimum Gasteiger partial charge on any atom is -0.496 e. The van der Waals surface area contributed by atoms with E-state index in [0.29, 0.717) is 24.5 Å². The first-order chi connectivity index (χ1) is 14.2. The minimum absolute atomic E-state index is 0.0459. The van der Waals surface area contributed by atoms with Crippen LogP contribution in [0.15, 0.2) is 54.6 Å². The van der Waals surface area contributed by atoms with Crippen molar-refractivity contribution in [1.82, 2.24) is 0 Å². The van der Waals surface area contributed by atoms with Gasteiger partial charge in [-0.05, 0) is 24.0 Å². The van der Waals surface area contributed by atoms with Gasteiger partial charge >= 0.3 is 0 Å². The molecule has 0 radical (unpaired) electrons. The lowest BCUT2D eigenvalue weighted by atomic mass is 9.84. The van der Waals surface area contributed by atoms with Gasteiger partial charge in [-0.3, -0.25) is 4.79 Å². The third-order valence-electron chi connectivity index (χ3n) is 5.91. The molecular formula is C27H38O2. The summed E-state index contributed by atoms with van der Waals surface area (Å²) in [5.41, 5.74) is 2.28. The average Bonchev–Trinajstić information content (AvgIpc) is 2.77. The maximum absolute atomic E-state index is 13.0. The van der Waals surface area contributed by atoms with E-state index in [-0.39, 0.29) is 5.92 Å². The Morgan fingerprint density at radius 2 is 1.48 bits per heavy atom. The van der Waals surface area contributed by atoms with E-state index in [0.717, 1.165) is 17.7 Å². The zero-order valence-corrected chi connectivity index (χ0v) is 18.5. The Labute approximate surface area is 177 Å². The highest BCUT2D eigenvalue weighted by atomic mass is 16.5. The second-order valence-corrected chi connectivity index (χ2v) is 8.14. The number of Topliss-reactive ketones (excluding diaryl/α,β-unsaturated/α-hetero) is 1. The van der Waals surface area contributed by atoms with Crippen molar-refractivity contribution < 1.29 is 9.53 Å². The molecule has 2 nitrogen and oxygen atoms in total. The molecule has 0 N–H and O–H groups in total. The van der Waals surface area contributed by atoms with Gasteiger partial charge < -0.3 is 4.74 Å². The summed E-state index contributed by atoms with van der Waals surface area (Å²) >= 11 is 0. The molecule has 0 heterocycles. The van der Waals surface area contributed by atoms with E-state index in [2.05, 4.69) is 32.0 Å². The van der Waals surface area contributed by atoms with E-state index in [1.165, 1.54) is 44.1 Å². The van der Waals surface area contributed by atoms with Crippen LogP contribution in [0.5, 0.6) is 5.75 Å². The van der Waals surface area contributed by atoms with Crippen molar-refractivity contribution >= 4 is 5.78 Å². The lowest BCUT2D eigenvalue weighted by molar-refractivity contribution is -0.119. The van der Waals surface area contributed by atoms with Crippen LogP contribution in [-0.2, 0) is 4.79 Å². The van der Waals surface area contributed by atoms with Crippen LogP contribution in [0.1, 0.15) is 88.7 Å². The molecule has 29 heavy (non-hydrogen) atoms. The first kappa shape index (κ1) is 23.2. The van der Waals surface area contributed by atoms with E-state index in [1.54, 1.807) is 7.11 Å². The first-order valence-corrected chi connectivity index (χ1v) is 11.4. The monoisotopic (exact) mass is 394 g/mol. The van der Waals surface area contributed by atoms with Gasteiger partial charge in [-0.25, -0.2) is 0 Å². The Morgan fingerprint density at radius 1 is 0.862 bits per heavy atom. The Bertz CT molecular complexity index is 699. The van der Waals surface area contributed by atoms with E-state index in [9.17, 15) is 4.79 Å². The number of ether oxygens (including phenoxy) is 1. The van der Waals surface area contributed by atoms with Gasteiger partial charge in [-0.1, -0.05) is 101 Å². The van der Waals surface area contributed by atoms with Crippen molar-refractivity contribution in [3.05, 3.63) is 65.7 Å². The van der Waals surface area contributed by atoms with E-state index >= 15 is 0 Å². The number of methoxy groups -OCH3 is 1. The SMILES string of the molecule is CCCCC(CCCC)CCC(=O)CC(c1ccccc1)c1ccccc1OC. The summed E-state index contributed by atoms with van der Waals surface area (Å²) < 4.78 is 5.60. The average molecular weight is 395 g/mol. The number of para-hydroxylation sites is 1. The summed E-state index contributed by atoms with van der Waals surface area (Å²) in [7, 11) is 1.70. The van der Waals surface area contributed by atoms with Crippen molar-refractivity contribution in [2.45, 2.75) is 77.6 Å². The van der Waals surface area contributed by atoms with Crippen molar-refractivity contribution in [2.75, 3.05) is 7.11 Å². The quantitative estimate of drug-likeness (QED) is 0.330. The number of hydrogen-bond acceptors (Lipinski definition) is 2. The van der Waals surface area contributed by atoms with Crippen molar-refractivity contribution in [1.29, 1.82) is 0 Å². The summed E-state index contributed by atoms with van der Waals surface area (Å²) in [6.45, 7) is 4.50. The largest absolute Gasteiger partial charge is 0.496 e. The summed E-state index contributed by atoms with van der Waals surface area (Å²) in [5, 5.41) is 0. The van der Waals surface area contributed by atoms with Crippen molar-refractivity contribution in [2.24, 2.45) is 5.92 Å². The minimum atomic E-state index is 0.0459. The number of ketones is 1. The third kappa shape index (κ3) is 7.68. The first-order valence-electron chi connectivity index (χ1n) is 11.4. The topological polar surface area (TPSA) is 26.3 Å². The number of rotatable bonds is 14. The predicted molar refractivity (Wildman–Crippen MR) is 123 cm³/mol. The van der Waals surface area contributed by atoms with Crippen LogP contribution in [0, 0.1) is 5.92 Å². The molecule has 1 atom stereocenters. The fraction of sp³-hybridized carbons (Fsp3) is 0.519. The highest BCUT2D eigenvalue weighted by Gasteiger charge is 2.22. The molecule has 0 aliphatic heterocycles. The van der Waals surface area contributed by atoms with Gasteiger partial charge in [0, 0.05) is 24.3 Å². The van der Waals surface area contributed by atoms with Crippen LogP contribution in [-0.4, -0.2) is 12.9 Å². The Morgan fingerprint density at radius 3 is 2.10 bits per heavy atom. The van der Waals surface area contributed by atoms with Crippen molar-refractivity contribution in [3.63, 3.8) is 0 Å². The van der Waals surface area contributed by atoms with Gasteiger partial charge in [0.1, 0.15) is 11.5 Å². The second kappa shape index (κ2) is 13.2. The Balaban J connectivity index is 2.09. The molecule has 0 fully saturated rings. The normalized spacial score (nSPS) is 12.1. The molecule has 1 unspecified atom stereocenters. The molecule has 2 aromatic rings. The maximum Gasteiger partial charge on any atom is 0.133 e. The molecule has 0 spiro atoms. The molecule has 2 heteroatoms. The molecule has 0 aromatic heterocycles. The maximum atomic E-state index is 13.0. The number of unbranched alkanes of at least 4 members (excludes halogenated alkanes) is 2. The van der Waals surface area contributed by atoms with Crippen LogP contribution in [0.2, 0.25) is 0 Å². The van der Waals surface area contributed by atoms with Crippen LogP contribution in [0.3, 0.4) is 0 Å². The van der Waals surface area contributed by atoms with Crippen LogP contribution in [0.4, 0.5) is 0 Å². The molecule has 0 saturated carbocycles. The smallest absolute Gasteiger partial charge is 0.133 e. The standard InChI is InChI=1S/C27H38O2/c1-4-6-13-22(14-7-5-2)19-20-24(28)21-26(23-15-9-8-10-16-23)25-17-11-12-18-27(25)29-3/h8-12,15-18,22,26H,4-7,13-14,19-21H2,1-3H3. The third-order valence-corrected chi connectivity index (χ3v) is 5.91. The van der Waals surface area contributed by atoms with E-state index in [4.69, 9.17) is 4.74 Å². The van der Waals surface area contributed by atoms with Gasteiger partial charge in [-0.2, -0.15) is 0 Å². The van der Waals surface area contributed by atoms with Gasteiger partial charge in [-0.15, -0.1) is 0 Å². The zero-order chi connectivity index (χ0) is 20.9. The van der Waals surface area contributed by atoms with Crippen LogP contribution >= 0.6 is 0 Å². The van der Waals surface area contributed by atoms with Gasteiger partial charge in [0.05, 0.1) is 7.11 Å². The molecule has 0 aliphatic carbocycles. The van der Waals surface area contributed by atoms with Crippen LogP contribution < -0.4 is 4.74 Å². The molecule has 0 amide bonds. The summed E-state index contributed by atoms with van der Waals surface area (Å²) in [6.07, 6.45) is 9.81. The molecule has 0 saturated heterocycles. The summed E-state index contributed by atoms with van der Waals surface area (Å²) in [6, 6.07) is 18.5. The van der Waals surface area contributed by atoms with E-state index < -0.39 is 0 Å². The second-order valence-electron chi connectivity index (χ2n) is 8.14. The van der Waals surface area contributed by atoms with Gasteiger partial charge in [0.25, 0.3) is 0 Å². The number of carbonyl (C=O) groups is 1. The number of benzene rings is 2. The van der Waals surface area contributed by atoms with E-state index in [1.807, 2.05) is 36.4 Å². The number of carbonyl (C=O) groups excluding carboxylic acids is 1. The predicted octanol–water partition coefficient (Wildman–Crippen LogP) is 7.56. The lowest BCUT2D eigenvalue weighted by Crippen LogP contribution is -2.12. The molecule has 2 aromatic carbocycles. The number of hydrogen-bond donors (Lipinski definition) is 0. The molecule has 2 rings (SSSR count). The molecule has 0 aliphatic rings. The molecule has 158 valence electrons.